The zero-order valence-corrected chi connectivity index (χ0v) is 7.67. The highest BCUT2D eigenvalue weighted by atomic mass is 16.4. The molecule has 1 saturated heterocycles. The van der Waals surface area contributed by atoms with Crippen LogP contribution in [0.4, 0.5) is 4.79 Å². The summed E-state index contributed by atoms with van der Waals surface area (Å²) in [7, 11) is 2.51. The minimum atomic E-state index is -1.22. The maximum atomic E-state index is 11.3. The van der Waals surface area contributed by atoms with E-state index in [1.54, 1.807) is 0 Å². The van der Waals surface area contributed by atoms with Crippen LogP contribution in [0.2, 0.25) is 0 Å². The first-order chi connectivity index (χ1) is 6.50. The first-order valence-corrected chi connectivity index (χ1v) is 3.77. The second kappa shape index (κ2) is 3.44. The Labute approximate surface area is 79.6 Å². The predicted octanol–water partition coefficient (Wildman–Crippen LogP) is -0.887. The summed E-state index contributed by atoms with van der Waals surface area (Å²) in [6, 6.07) is -0.692. The Hall–Kier alpha value is -1.92. The number of imide groups is 2. The van der Waals surface area contributed by atoms with Crippen LogP contribution >= 0.6 is 0 Å². The highest BCUT2D eigenvalue weighted by Gasteiger charge is 2.41. The molecule has 1 fully saturated rings. The van der Waals surface area contributed by atoms with E-state index in [0.717, 1.165) is 16.0 Å². The largest absolute Gasteiger partial charge is 0.411 e. The summed E-state index contributed by atoms with van der Waals surface area (Å²) in [5, 5.41) is 10.9. The second-order valence-corrected chi connectivity index (χ2v) is 2.82. The van der Waals surface area contributed by atoms with E-state index in [4.69, 9.17) is 5.21 Å². The molecule has 0 aromatic rings. The van der Waals surface area contributed by atoms with Crippen molar-refractivity contribution in [1.82, 2.24) is 9.80 Å². The van der Waals surface area contributed by atoms with Gasteiger partial charge in [-0.3, -0.25) is 19.4 Å². The van der Waals surface area contributed by atoms with Crippen LogP contribution in [0.15, 0.2) is 5.16 Å². The topological polar surface area (TPSA) is 90.3 Å². The molecule has 0 unspecified atom stereocenters. The second-order valence-electron chi connectivity index (χ2n) is 2.82. The molecule has 4 amide bonds. The van der Waals surface area contributed by atoms with Crippen molar-refractivity contribution in [2.24, 2.45) is 11.1 Å². The van der Waals surface area contributed by atoms with Gasteiger partial charge in [-0.05, 0) is 0 Å². The number of carbonyl (C=O) groups is 3. The molecular weight excluding hydrogens is 190 g/mol. The van der Waals surface area contributed by atoms with Gasteiger partial charge in [-0.2, -0.15) is 0 Å². The van der Waals surface area contributed by atoms with Crippen LogP contribution in [0.3, 0.4) is 0 Å². The van der Waals surface area contributed by atoms with Gasteiger partial charge in [0, 0.05) is 14.1 Å². The van der Waals surface area contributed by atoms with Crippen LogP contribution in [0.5, 0.6) is 0 Å². The zero-order valence-electron chi connectivity index (χ0n) is 7.67. The fourth-order valence-electron chi connectivity index (χ4n) is 1.13. The lowest BCUT2D eigenvalue weighted by atomic mass is 10.1. The summed E-state index contributed by atoms with van der Waals surface area (Å²) in [5.74, 6) is -2.61. The minimum Gasteiger partial charge on any atom is -0.411 e. The fraction of sp³-hybridized carbons (Fsp3) is 0.429. The Morgan fingerprint density at radius 1 is 1.21 bits per heavy atom. The van der Waals surface area contributed by atoms with Crippen molar-refractivity contribution in [3.05, 3.63) is 0 Å². The van der Waals surface area contributed by atoms with Gasteiger partial charge < -0.3 is 5.21 Å². The number of oxime groups is 1. The van der Waals surface area contributed by atoms with Crippen LogP contribution in [0.25, 0.3) is 0 Å². The SMILES string of the molecule is CN1C(=O)C(C=NO)C(=O)N(C)C1=O. The average Bonchev–Trinajstić information content (AvgIpc) is 2.19. The highest BCUT2D eigenvalue weighted by Crippen LogP contribution is 2.13. The van der Waals surface area contributed by atoms with E-state index < -0.39 is 23.8 Å². The molecule has 1 aliphatic rings. The maximum absolute atomic E-state index is 11.3. The Bertz CT molecular complexity index is 301. The minimum absolute atomic E-state index is 0.692. The smallest absolute Gasteiger partial charge is 0.332 e. The molecule has 0 aliphatic carbocycles. The molecule has 0 atom stereocenters. The monoisotopic (exact) mass is 199 g/mol. The molecule has 0 spiro atoms. The summed E-state index contributed by atoms with van der Waals surface area (Å²) in [6.07, 6.45) is 0.796. The van der Waals surface area contributed by atoms with Crippen molar-refractivity contribution in [3.63, 3.8) is 0 Å². The number of hydrogen-bond acceptors (Lipinski definition) is 5. The van der Waals surface area contributed by atoms with Gasteiger partial charge in [-0.25, -0.2) is 4.79 Å². The quantitative estimate of drug-likeness (QED) is 0.257. The van der Waals surface area contributed by atoms with Crippen molar-refractivity contribution >= 4 is 24.1 Å². The molecule has 0 saturated carbocycles. The summed E-state index contributed by atoms with van der Waals surface area (Å²) in [5.41, 5.74) is 0. The fourth-order valence-corrected chi connectivity index (χ4v) is 1.13. The normalized spacial score (nSPS) is 20.0. The van der Waals surface area contributed by atoms with Gasteiger partial charge in [0.2, 0.25) is 11.8 Å². The molecule has 7 nitrogen and oxygen atoms in total. The molecule has 0 radical (unpaired) electrons. The average molecular weight is 199 g/mol. The van der Waals surface area contributed by atoms with Gasteiger partial charge in [0.05, 0.1) is 6.21 Å². The van der Waals surface area contributed by atoms with Gasteiger partial charge >= 0.3 is 6.03 Å². The van der Waals surface area contributed by atoms with Crippen LogP contribution in [-0.4, -0.2) is 53.2 Å². The van der Waals surface area contributed by atoms with E-state index >= 15 is 0 Å². The van der Waals surface area contributed by atoms with E-state index in [0.29, 0.717) is 0 Å². The predicted molar refractivity (Wildman–Crippen MR) is 44.7 cm³/mol. The third-order valence-electron chi connectivity index (χ3n) is 1.98. The number of carbonyl (C=O) groups excluding carboxylic acids is 3. The molecule has 7 heteroatoms. The Kier molecular flexibility index (Phi) is 2.50. The molecule has 0 bridgehead atoms. The van der Waals surface area contributed by atoms with Crippen LogP contribution in [0, 0.1) is 5.92 Å². The summed E-state index contributed by atoms with van der Waals surface area (Å²) in [4.78, 5) is 35.5. The summed E-state index contributed by atoms with van der Waals surface area (Å²) < 4.78 is 0. The lowest BCUT2D eigenvalue weighted by molar-refractivity contribution is -0.144. The third kappa shape index (κ3) is 1.32. The number of nitrogens with zero attached hydrogens (tertiary/aromatic N) is 3. The molecule has 76 valence electrons. The molecule has 14 heavy (non-hydrogen) atoms. The molecule has 1 aliphatic heterocycles. The Morgan fingerprint density at radius 3 is 2.00 bits per heavy atom. The van der Waals surface area contributed by atoms with Crippen LogP contribution < -0.4 is 0 Å². The van der Waals surface area contributed by atoms with E-state index in [1.165, 1.54) is 14.1 Å². The van der Waals surface area contributed by atoms with Crippen LogP contribution in [0.1, 0.15) is 0 Å². The van der Waals surface area contributed by atoms with E-state index in [2.05, 4.69) is 5.16 Å². The van der Waals surface area contributed by atoms with Crippen molar-refractivity contribution in [2.75, 3.05) is 14.1 Å². The zero-order chi connectivity index (χ0) is 10.9. The Morgan fingerprint density at radius 2 is 1.64 bits per heavy atom. The van der Waals surface area contributed by atoms with Crippen molar-refractivity contribution < 1.29 is 19.6 Å². The Balaban J connectivity index is 3.04. The standard InChI is InChI=1S/C7H9N3O4/c1-9-5(11)4(3-8-14)6(12)10(2)7(9)13/h3-4,14H,1-2H3. The molecule has 0 aromatic heterocycles. The molecule has 0 aromatic carbocycles. The van der Waals surface area contributed by atoms with Crippen molar-refractivity contribution in [3.8, 4) is 0 Å². The van der Waals surface area contributed by atoms with Gasteiger partial charge in [0.25, 0.3) is 0 Å². The van der Waals surface area contributed by atoms with Crippen molar-refractivity contribution in [2.45, 2.75) is 0 Å². The van der Waals surface area contributed by atoms with Gasteiger partial charge in [-0.15, -0.1) is 5.16 Å². The summed E-state index contributed by atoms with van der Waals surface area (Å²) in [6.45, 7) is 0. The lowest BCUT2D eigenvalue weighted by Crippen LogP contribution is -2.57. The van der Waals surface area contributed by atoms with Gasteiger partial charge in [-0.1, -0.05) is 0 Å². The third-order valence-corrected chi connectivity index (χ3v) is 1.98. The molecular formula is C7H9N3O4. The first kappa shape index (κ1) is 10.2. The van der Waals surface area contributed by atoms with E-state index in [1.807, 2.05) is 0 Å². The van der Waals surface area contributed by atoms with Gasteiger partial charge in [0.1, 0.15) is 0 Å². The maximum Gasteiger partial charge on any atom is 0.332 e. The number of rotatable bonds is 1. The lowest BCUT2D eigenvalue weighted by Gasteiger charge is -2.30. The van der Waals surface area contributed by atoms with Crippen molar-refractivity contribution in [1.29, 1.82) is 0 Å². The van der Waals surface area contributed by atoms with Gasteiger partial charge in [0.15, 0.2) is 5.92 Å². The molecule has 1 rings (SSSR count). The first-order valence-electron chi connectivity index (χ1n) is 3.77. The highest BCUT2D eigenvalue weighted by molar-refractivity contribution is 6.22. The summed E-state index contributed by atoms with van der Waals surface area (Å²) >= 11 is 0. The number of urea groups is 1. The number of barbiturate groups is 1. The van der Waals surface area contributed by atoms with Crippen LogP contribution in [-0.2, 0) is 9.59 Å². The molecule has 1 N–H and O–H groups in total. The number of hydrogen-bond donors (Lipinski definition) is 1. The molecule has 1 heterocycles. The van der Waals surface area contributed by atoms with E-state index in [9.17, 15) is 14.4 Å². The number of amides is 4. The van der Waals surface area contributed by atoms with E-state index in [-0.39, 0.29) is 0 Å².